The van der Waals surface area contributed by atoms with E-state index in [0.29, 0.717) is 31.5 Å². The Balaban J connectivity index is 1.78. The molecule has 0 radical (unpaired) electrons. The molecule has 1 atom stereocenters. The van der Waals surface area contributed by atoms with E-state index in [-0.39, 0.29) is 18.1 Å². The summed E-state index contributed by atoms with van der Waals surface area (Å²) in [5.74, 6) is 1.34. The number of aromatic nitrogens is 2. The topological polar surface area (TPSA) is 80.4 Å². The molecule has 6 nitrogen and oxygen atoms in total. The number of aliphatic hydroxyl groups excluding tert-OH is 1. The van der Waals surface area contributed by atoms with Gasteiger partial charge in [-0.1, -0.05) is 42.4 Å². The van der Waals surface area contributed by atoms with Crippen molar-refractivity contribution in [1.82, 2.24) is 15.5 Å². The summed E-state index contributed by atoms with van der Waals surface area (Å²) in [6.07, 6.45) is 3.43. The van der Waals surface area contributed by atoms with Gasteiger partial charge in [0, 0.05) is 31.1 Å². The van der Waals surface area contributed by atoms with Crippen LogP contribution in [0.4, 0.5) is 0 Å². The Morgan fingerprint density at radius 1 is 1.24 bits per heavy atom. The predicted octanol–water partition coefficient (Wildman–Crippen LogP) is 2.64. The molecule has 2 N–H and O–H groups in total. The van der Waals surface area contributed by atoms with Crippen molar-refractivity contribution in [2.45, 2.75) is 45.2 Å². The largest absolute Gasteiger partial charge is 0.396 e. The zero-order valence-electron chi connectivity index (χ0n) is 14.8. The average Bonchev–Trinajstić information content (AvgIpc) is 3.11. The molecule has 0 aliphatic carbocycles. The molecule has 1 aliphatic heterocycles. The fraction of sp³-hybridized carbons (Fsp3) is 0.579. The number of nitrogens with one attached hydrogen (secondary N) is 1. The van der Waals surface area contributed by atoms with E-state index < -0.39 is 0 Å². The summed E-state index contributed by atoms with van der Waals surface area (Å²) in [5.41, 5.74) is 0.922. The molecule has 1 aromatic heterocycles. The van der Waals surface area contributed by atoms with Crippen LogP contribution in [0.25, 0.3) is 0 Å². The second-order valence-electron chi connectivity index (χ2n) is 6.71. The quantitative estimate of drug-likeness (QED) is 0.765. The molecular weight excluding hydrogens is 318 g/mol. The van der Waals surface area contributed by atoms with Gasteiger partial charge in [0.2, 0.25) is 5.89 Å². The smallest absolute Gasteiger partial charge is 0.226 e. The number of aryl methyl sites for hydroxylation is 1. The van der Waals surface area contributed by atoms with Crippen LogP contribution in [0.2, 0.25) is 0 Å². The summed E-state index contributed by atoms with van der Waals surface area (Å²) in [4.78, 5) is 4.43. The van der Waals surface area contributed by atoms with Gasteiger partial charge in [-0.3, -0.25) is 0 Å². The van der Waals surface area contributed by atoms with E-state index in [0.717, 1.165) is 31.2 Å². The number of hydrogen-bond donors (Lipinski definition) is 2. The Bertz CT molecular complexity index is 638. The third kappa shape index (κ3) is 4.26. The lowest BCUT2D eigenvalue weighted by molar-refractivity contribution is -0.0388. The van der Waals surface area contributed by atoms with Crippen LogP contribution in [0.1, 0.15) is 49.5 Å². The zero-order chi connectivity index (χ0) is 17.5. The molecule has 136 valence electrons. The van der Waals surface area contributed by atoms with Crippen LogP contribution >= 0.6 is 0 Å². The van der Waals surface area contributed by atoms with Crippen molar-refractivity contribution < 1.29 is 14.4 Å². The van der Waals surface area contributed by atoms with E-state index in [1.807, 2.05) is 18.2 Å². The fourth-order valence-electron chi connectivity index (χ4n) is 3.52. The third-order valence-electron chi connectivity index (χ3n) is 4.99. The summed E-state index contributed by atoms with van der Waals surface area (Å²) < 4.78 is 10.8. The SMILES string of the molecule is CCCc1nc(CN[C@H](c2ccccc2)C2(CO)CCOCC2)no1. The third-order valence-corrected chi connectivity index (χ3v) is 4.99. The highest BCUT2D eigenvalue weighted by atomic mass is 16.5. The number of nitrogens with zero attached hydrogens (tertiary/aromatic N) is 2. The maximum atomic E-state index is 10.2. The maximum Gasteiger partial charge on any atom is 0.226 e. The summed E-state index contributed by atoms with van der Waals surface area (Å²) in [6.45, 7) is 4.07. The van der Waals surface area contributed by atoms with E-state index in [1.165, 1.54) is 0 Å². The van der Waals surface area contributed by atoms with Crippen LogP contribution < -0.4 is 5.32 Å². The zero-order valence-corrected chi connectivity index (χ0v) is 14.8. The first-order valence-corrected chi connectivity index (χ1v) is 9.06. The lowest BCUT2D eigenvalue weighted by Crippen LogP contribution is -2.44. The fourth-order valence-corrected chi connectivity index (χ4v) is 3.52. The molecule has 1 aliphatic rings. The highest BCUT2D eigenvalue weighted by Gasteiger charge is 2.40. The average molecular weight is 345 g/mol. The molecule has 0 unspecified atom stereocenters. The van der Waals surface area contributed by atoms with Crippen molar-refractivity contribution in [1.29, 1.82) is 0 Å². The van der Waals surface area contributed by atoms with E-state index in [2.05, 4.69) is 34.5 Å². The van der Waals surface area contributed by atoms with Crippen molar-refractivity contribution in [3.63, 3.8) is 0 Å². The second-order valence-corrected chi connectivity index (χ2v) is 6.71. The molecule has 0 amide bonds. The van der Waals surface area contributed by atoms with Crippen molar-refractivity contribution in [3.05, 3.63) is 47.6 Å². The Hall–Kier alpha value is -1.76. The van der Waals surface area contributed by atoms with Crippen LogP contribution in [-0.2, 0) is 17.7 Å². The first-order chi connectivity index (χ1) is 12.3. The number of aliphatic hydroxyl groups is 1. The van der Waals surface area contributed by atoms with Crippen molar-refractivity contribution in [2.75, 3.05) is 19.8 Å². The van der Waals surface area contributed by atoms with Gasteiger partial charge in [0.05, 0.1) is 13.2 Å². The number of rotatable bonds is 8. The summed E-state index contributed by atoms with van der Waals surface area (Å²) in [5, 5.41) is 17.8. The monoisotopic (exact) mass is 345 g/mol. The summed E-state index contributed by atoms with van der Waals surface area (Å²) in [7, 11) is 0. The van der Waals surface area contributed by atoms with Crippen LogP contribution in [0.3, 0.4) is 0 Å². The first kappa shape index (κ1) is 18.0. The minimum absolute atomic E-state index is 0.00993. The number of hydrogen-bond acceptors (Lipinski definition) is 6. The van der Waals surface area contributed by atoms with Gasteiger partial charge >= 0.3 is 0 Å². The Labute approximate surface area is 148 Å². The van der Waals surface area contributed by atoms with E-state index >= 15 is 0 Å². The highest BCUT2D eigenvalue weighted by Crippen LogP contribution is 2.42. The summed E-state index contributed by atoms with van der Waals surface area (Å²) >= 11 is 0. The first-order valence-electron chi connectivity index (χ1n) is 9.06. The van der Waals surface area contributed by atoms with Crippen LogP contribution in [-0.4, -0.2) is 35.1 Å². The van der Waals surface area contributed by atoms with E-state index in [9.17, 15) is 5.11 Å². The van der Waals surface area contributed by atoms with Gasteiger partial charge in [-0.25, -0.2) is 0 Å². The lowest BCUT2D eigenvalue weighted by atomic mass is 9.72. The normalized spacial score (nSPS) is 18.2. The number of ether oxygens (including phenoxy) is 1. The van der Waals surface area contributed by atoms with Crippen molar-refractivity contribution in [2.24, 2.45) is 5.41 Å². The minimum Gasteiger partial charge on any atom is -0.396 e. The highest BCUT2D eigenvalue weighted by molar-refractivity contribution is 5.22. The van der Waals surface area contributed by atoms with E-state index in [1.54, 1.807) is 0 Å². The van der Waals surface area contributed by atoms with Crippen LogP contribution in [0.15, 0.2) is 34.9 Å². The van der Waals surface area contributed by atoms with Gasteiger partial charge < -0.3 is 19.7 Å². The van der Waals surface area contributed by atoms with Gasteiger partial charge in [0.1, 0.15) is 0 Å². The summed E-state index contributed by atoms with van der Waals surface area (Å²) in [6, 6.07) is 10.3. The molecule has 2 aromatic rings. The predicted molar refractivity (Wildman–Crippen MR) is 93.9 cm³/mol. The Morgan fingerprint density at radius 2 is 2.00 bits per heavy atom. The molecule has 2 heterocycles. The lowest BCUT2D eigenvalue weighted by Gasteiger charge is -2.42. The van der Waals surface area contributed by atoms with Crippen LogP contribution in [0, 0.1) is 5.41 Å². The second kappa shape index (κ2) is 8.56. The van der Waals surface area contributed by atoms with Gasteiger partial charge in [-0.05, 0) is 24.8 Å². The molecule has 0 saturated carbocycles. The molecule has 1 fully saturated rings. The van der Waals surface area contributed by atoms with Gasteiger partial charge in [0.25, 0.3) is 0 Å². The molecule has 3 rings (SSSR count). The Kier molecular flexibility index (Phi) is 6.18. The van der Waals surface area contributed by atoms with Gasteiger partial charge in [0.15, 0.2) is 5.82 Å². The van der Waals surface area contributed by atoms with Gasteiger partial charge in [-0.15, -0.1) is 0 Å². The van der Waals surface area contributed by atoms with Gasteiger partial charge in [-0.2, -0.15) is 4.98 Å². The van der Waals surface area contributed by atoms with Crippen molar-refractivity contribution >= 4 is 0 Å². The maximum absolute atomic E-state index is 10.2. The molecular formula is C19H27N3O3. The molecule has 1 saturated heterocycles. The molecule has 25 heavy (non-hydrogen) atoms. The number of benzene rings is 1. The molecule has 0 bridgehead atoms. The molecule has 6 heteroatoms. The minimum atomic E-state index is -0.240. The molecule has 0 spiro atoms. The van der Waals surface area contributed by atoms with Crippen LogP contribution in [0.5, 0.6) is 0 Å². The van der Waals surface area contributed by atoms with E-state index in [4.69, 9.17) is 9.26 Å². The van der Waals surface area contributed by atoms with Crippen molar-refractivity contribution in [3.8, 4) is 0 Å². The Morgan fingerprint density at radius 3 is 2.68 bits per heavy atom. The standard InChI is InChI=1S/C19H27N3O3/c1-2-6-17-21-16(22-25-17)13-20-18(15-7-4-3-5-8-15)19(14-23)9-11-24-12-10-19/h3-5,7-8,18,20,23H,2,6,9-14H2,1H3/t18-/m1/s1. The molecule has 1 aromatic carbocycles.